The lowest BCUT2D eigenvalue weighted by Gasteiger charge is -2.23. The van der Waals surface area contributed by atoms with Crippen molar-refractivity contribution in [1.29, 1.82) is 0 Å². The molecule has 0 unspecified atom stereocenters. The molecule has 1 aliphatic carbocycles. The van der Waals surface area contributed by atoms with Crippen LogP contribution in [0.15, 0.2) is 86.5 Å². The molecule has 0 fully saturated rings. The van der Waals surface area contributed by atoms with Gasteiger partial charge in [0.1, 0.15) is 0 Å². The van der Waals surface area contributed by atoms with E-state index in [0.29, 0.717) is 0 Å². The zero-order chi connectivity index (χ0) is 32.1. The standard InChI is InChI=1S/C18H16.C5H12O4.3C3H4O2/c1-3-7-15-13(5-1)9-11-18-16-8-4-2-6-14(16)10-12-17(15)18;6-1-5(2-7,3-8)4-9;3*1-2-3(4)5/h1,3,5,7,9-12H,2,4,6,8H2;6-9H,1-4H2;3*2H,1H2,(H,4,5). The van der Waals surface area contributed by atoms with E-state index in [9.17, 15) is 14.4 Å². The monoisotopic (exact) mass is 584 g/mol. The molecule has 7 N–H and O–H groups in total. The molecule has 0 amide bonds. The molecule has 0 heterocycles. The van der Waals surface area contributed by atoms with Crippen LogP contribution in [0, 0.1) is 5.41 Å². The number of aliphatic hydroxyl groups excluding tert-OH is 4. The average Bonchev–Trinajstić information content (AvgIpc) is 3.03. The van der Waals surface area contributed by atoms with Crippen LogP contribution in [0.5, 0.6) is 0 Å². The summed E-state index contributed by atoms with van der Waals surface area (Å²) >= 11 is 0. The van der Waals surface area contributed by atoms with E-state index in [0.717, 1.165) is 18.2 Å². The van der Waals surface area contributed by atoms with E-state index in [2.05, 4.69) is 68.3 Å². The lowest BCUT2D eigenvalue weighted by atomic mass is 9.86. The number of aryl methyl sites for hydroxylation is 2. The van der Waals surface area contributed by atoms with Crippen LogP contribution >= 0.6 is 0 Å². The van der Waals surface area contributed by atoms with Crippen molar-refractivity contribution < 1.29 is 50.1 Å². The van der Waals surface area contributed by atoms with Gasteiger partial charge in [0.2, 0.25) is 0 Å². The maximum Gasteiger partial charge on any atom is 0.327 e. The highest BCUT2D eigenvalue weighted by atomic mass is 16.4. The Hall–Kier alpha value is -4.35. The van der Waals surface area contributed by atoms with Gasteiger partial charge in [0, 0.05) is 18.2 Å². The molecule has 0 atom stereocenters. The summed E-state index contributed by atoms with van der Waals surface area (Å²) in [6.45, 7) is 7.26. The summed E-state index contributed by atoms with van der Waals surface area (Å²) < 4.78 is 0. The van der Waals surface area contributed by atoms with Crippen LogP contribution in [0.25, 0.3) is 21.5 Å². The number of aliphatic carboxylic acids is 3. The zero-order valence-corrected chi connectivity index (χ0v) is 23.5. The van der Waals surface area contributed by atoms with Gasteiger partial charge >= 0.3 is 17.9 Å². The quantitative estimate of drug-likeness (QED) is 0.159. The number of rotatable bonds is 7. The van der Waals surface area contributed by atoms with E-state index in [1.807, 2.05) is 0 Å². The first kappa shape index (κ1) is 37.6. The summed E-state index contributed by atoms with van der Waals surface area (Å²) in [5.74, 6) is -2.94. The van der Waals surface area contributed by atoms with Crippen LogP contribution in [0.3, 0.4) is 0 Å². The van der Waals surface area contributed by atoms with Crippen LogP contribution < -0.4 is 0 Å². The van der Waals surface area contributed by atoms with E-state index in [1.165, 1.54) is 47.2 Å². The number of fused-ring (bicyclic) bond motifs is 5. The molecule has 0 aliphatic heterocycles. The highest BCUT2D eigenvalue weighted by Gasteiger charge is 2.26. The van der Waals surface area contributed by atoms with Gasteiger partial charge in [-0.3, -0.25) is 0 Å². The highest BCUT2D eigenvalue weighted by molar-refractivity contribution is 6.08. The molecule has 0 saturated carbocycles. The fraction of sp³-hybridized carbons (Fsp3) is 0.281. The van der Waals surface area contributed by atoms with Gasteiger partial charge in [-0.15, -0.1) is 0 Å². The van der Waals surface area contributed by atoms with Crippen molar-refractivity contribution in [2.75, 3.05) is 26.4 Å². The maximum absolute atomic E-state index is 9.25. The molecule has 0 radical (unpaired) electrons. The van der Waals surface area contributed by atoms with Gasteiger partial charge in [0.15, 0.2) is 0 Å². The van der Waals surface area contributed by atoms with Gasteiger partial charge in [0.05, 0.1) is 31.8 Å². The summed E-state index contributed by atoms with van der Waals surface area (Å²) in [6, 6.07) is 18.0. The molecule has 10 heteroatoms. The fourth-order valence-electron chi connectivity index (χ4n) is 3.64. The van der Waals surface area contributed by atoms with E-state index >= 15 is 0 Å². The lowest BCUT2D eigenvalue weighted by molar-refractivity contribution is -0.132. The first-order valence-electron chi connectivity index (χ1n) is 12.9. The van der Waals surface area contributed by atoms with Crippen LogP contribution in [0.4, 0.5) is 0 Å². The second-order valence-electron chi connectivity index (χ2n) is 9.05. The molecule has 3 aromatic rings. The largest absolute Gasteiger partial charge is 0.478 e. The van der Waals surface area contributed by atoms with Gasteiger partial charge < -0.3 is 35.7 Å². The number of hydrogen-bond donors (Lipinski definition) is 7. The summed E-state index contributed by atoms with van der Waals surface area (Å²) in [5.41, 5.74) is 2.06. The number of carboxylic acid groups (broad SMARTS) is 3. The molecule has 0 spiro atoms. The summed E-state index contributed by atoms with van der Waals surface area (Å²) in [5, 5.41) is 62.4. The SMILES string of the molecule is C=CC(=O)O.C=CC(=O)O.C=CC(=O)O.OCC(CO)(CO)CO.c1ccc2c(c1)ccc1c3c(ccc12)CCCC3. The van der Waals surface area contributed by atoms with Gasteiger partial charge in [-0.25, -0.2) is 14.4 Å². The minimum Gasteiger partial charge on any atom is -0.478 e. The minimum absolute atomic E-state index is 0.406. The predicted molar refractivity (Wildman–Crippen MR) is 162 cm³/mol. The van der Waals surface area contributed by atoms with Gasteiger partial charge in [-0.05, 0) is 58.4 Å². The second kappa shape index (κ2) is 20.5. The van der Waals surface area contributed by atoms with Crippen molar-refractivity contribution in [1.82, 2.24) is 0 Å². The Bertz CT molecular complexity index is 1270. The number of benzene rings is 3. The molecule has 1 aliphatic rings. The lowest BCUT2D eigenvalue weighted by Crippen LogP contribution is -2.37. The third kappa shape index (κ3) is 12.9. The fourth-order valence-corrected chi connectivity index (χ4v) is 3.64. The molecular formula is C32H40O10. The maximum atomic E-state index is 9.25. The molecule has 3 aromatic carbocycles. The Morgan fingerprint density at radius 3 is 1.48 bits per heavy atom. The van der Waals surface area contributed by atoms with E-state index < -0.39 is 49.8 Å². The Balaban J connectivity index is 0.000000591. The molecule has 10 nitrogen and oxygen atoms in total. The van der Waals surface area contributed by atoms with Crippen molar-refractivity contribution in [3.05, 3.63) is 97.6 Å². The minimum atomic E-state index is -1.11. The predicted octanol–water partition coefficient (Wildman–Crippen LogP) is 3.58. The van der Waals surface area contributed by atoms with Crippen molar-refractivity contribution in [3.63, 3.8) is 0 Å². The summed E-state index contributed by atoms with van der Waals surface area (Å²) in [6.07, 6.45) is 7.72. The van der Waals surface area contributed by atoms with Crippen molar-refractivity contribution in [2.45, 2.75) is 25.7 Å². The molecule has 42 heavy (non-hydrogen) atoms. The van der Waals surface area contributed by atoms with Crippen molar-refractivity contribution >= 4 is 39.5 Å². The molecule has 4 rings (SSSR count). The Kier molecular flexibility index (Phi) is 18.4. The van der Waals surface area contributed by atoms with Crippen LogP contribution in [0.2, 0.25) is 0 Å². The third-order valence-corrected chi connectivity index (χ3v) is 6.12. The zero-order valence-electron chi connectivity index (χ0n) is 23.5. The van der Waals surface area contributed by atoms with Crippen LogP contribution in [-0.4, -0.2) is 80.1 Å². The average molecular weight is 585 g/mol. The number of hydrogen-bond acceptors (Lipinski definition) is 7. The van der Waals surface area contributed by atoms with E-state index in [-0.39, 0.29) is 0 Å². The van der Waals surface area contributed by atoms with Gasteiger partial charge in [-0.1, -0.05) is 68.3 Å². The number of carbonyl (C=O) groups is 3. The summed E-state index contributed by atoms with van der Waals surface area (Å²) in [7, 11) is 0. The molecule has 0 saturated heterocycles. The van der Waals surface area contributed by atoms with E-state index in [1.54, 1.807) is 11.1 Å². The van der Waals surface area contributed by atoms with Gasteiger partial charge in [-0.2, -0.15) is 0 Å². The smallest absolute Gasteiger partial charge is 0.327 e. The van der Waals surface area contributed by atoms with Crippen molar-refractivity contribution in [3.8, 4) is 0 Å². The molecule has 0 bridgehead atoms. The molecule has 0 aromatic heterocycles. The number of carboxylic acids is 3. The molecule has 228 valence electrons. The Labute approximate surface area is 244 Å². The Morgan fingerprint density at radius 1 is 0.619 bits per heavy atom. The van der Waals surface area contributed by atoms with Crippen LogP contribution in [0.1, 0.15) is 24.0 Å². The first-order chi connectivity index (χ1) is 20.0. The van der Waals surface area contributed by atoms with Crippen molar-refractivity contribution in [2.24, 2.45) is 5.41 Å². The highest BCUT2D eigenvalue weighted by Crippen LogP contribution is 2.33. The normalized spacial score (nSPS) is 11.2. The Morgan fingerprint density at radius 2 is 1.05 bits per heavy atom. The van der Waals surface area contributed by atoms with E-state index in [4.69, 9.17) is 35.7 Å². The summed E-state index contributed by atoms with van der Waals surface area (Å²) in [4.78, 5) is 27.8. The second-order valence-corrected chi connectivity index (χ2v) is 9.05. The van der Waals surface area contributed by atoms with Gasteiger partial charge in [0.25, 0.3) is 0 Å². The first-order valence-corrected chi connectivity index (χ1v) is 12.9. The van der Waals surface area contributed by atoms with Crippen LogP contribution in [-0.2, 0) is 27.2 Å². The molecular weight excluding hydrogens is 544 g/mol. The number of aliphatic hydroxyl groups is 4. The topological polar surface area (TPSA) is 193 Å². The third-order valence-electron chi connectivity index (χ3n) is 6.12.